The van der Waals surface area contributed by atoms with Crippen molar-refractivity contribution in [2.45, 2.75) is 39.2 Å². The molecule has 1 aromatic rings. The molecule has 0 spiro atoms. The van der Waals surface area contributed by atoms with E-state index in [4.69, 9.17) is 18.9 Å². The first-order valence-corrected chi connectivity index (χ1v) is 13.4. The highest BCUT2D eigenvalue weighted by molar-refractivity contribution is 8.16. The summed E-state index contributed by atoms with van der Waals surface area (Å²) in [6.45, 7) is 4.78. The van der Waals surface area contributed by atoms with Crippen molar-refractivity contribution < 1.29 is 33.3 Å². The Kier molecular flexibility index (Phi) is 8.65. The molecule has 0 aromatic heterocycles. The van der Waals surface area contributed by atoms with Crippen molar-refractivity contribution in [1.29, 1.82) is 0 Å². The van der Waals surface area contributed by atoms with Crippen LogP contribution in [-0.2, 0) is 23.9 Å². The highest BCUT2D eigenvalue weighted by Crippen LogP contribution is 2.47. The van der Waals surface area contributed by atoms with Crippen LogP contribution >= 0.6 is 11.8 Å². The molecule has 0 saturated carbocycles. The fourth-order valence-corrected chi connectivity index (χ4v) is 5.97. The predicted octanol–water partition coefficient (Wildman–Crippen LogP) is 3.64. The quantitative estimate of drug-likeness (QED) is 0.454. The Morgan fingerprint density at radius 2 is 1.95 bits per heavy atom. The van der Waals surface area contributed by atoms with E-state index in [0.717, 1.165) is 6.42 Å². The molecule has 3 aliphatic rings. The summed E-state index contributed by atoms with van der Waals surface area (Å²) in [7, 11) is 4.46. The molecule has 4 rings (SSSR count). The van der Waals surface area contributed by atoms with E-state index >= 15 is 0 Å². The van der Waals surface area contributed by atoms with Crippen LogP contribution in [0.2, 0.25) is 0 Å². The van der Waals surface area contributed by atoms with Crippen LogP contribution in [0.5, 0.6) is 11.5 Å². The summed E-state index contributed by atoms with van der Waals surface area (Å²) in [5.41, 5.74) is 2.31. The molecule has 1 amide bonds. The molecule has 0 aliphatic carbocycles. The molecule has 0 N–H and O–H groups in total. The van der Waals surface area contributed by atoms with Gasteiger partial charge in [-0.3, -0.25) is 9.59 Å². The number of nitrogens with zero attached hydrogens (tertiary/aromatic N) is 3. The number of amidine groups is 1. The first-order valence-electron chi connectivity index (χ1n) is 12.5. The van der Waals surface area contributed by atoms with E-state index in [1.807, 2.05) is 16.4 Å². The van der Waals surface area contributed by atoms with Crippen LogP contribution in [0.4, 0.5) is 0 Å². The van der Waals surface area contributed by atoms with Gasteiger partial charge in [-0.05, 0) is 44.2 Å². The number of fused-ring (bicyclic) bond motifs is 1. The van der Waals surface area contributed by atoms with Crippen molar-refractivity contribution in [3.05, 3.63) is 46.1 Å². The van der Waals surface area contributed by atoms with Crippen LogP contribution in [0, 0.1) is 5.92 Å². The first kappa shape index (κ1) is 27.6. The second-order valence-corrected chi connectivity index (χ2v) is 9.94. The molecule has 0 unspecified atom stereocenters. The molecule has 3 aliphatic heterocycles. The number of methoxy groups -OCH3 is 3. The number of benzene rings is 1. The molecule has 0 radical (unpaired) electrons. The Morgan fingerprint density at radius 3 is 2.63 bits per heavy atom. The molecule has 11 heteroatoms. The average Bonchev–Trinajstić information content (AvgIpc) is 3.33. The number of amides is 1. The van der Waals surface area contributed by atoms with Gasteiger partial charge < -0.3 is 28.7 Å². The number of thioether (sulfide) groups is 1. The zero-order valence-electron chi connectivity index (χ0n) is 22.3. The smallest absolute Gasteiger partial charge is 0.338 e. The van der Waals surface area contributed by atoms with Crippen molar-refractivity contribution in [3.8, 4) is 11.5 Å². The van der Waals surface area contributed by atoms with Crippen molar-refractivity contribution in [2.24, 2.45) is 10.9 Å². The molecular weight excluding hydrogens is 510 g/mol. The number of likely N-dealkylation sites (tertiary alicyclic amines) is 1. The minimum atomic E-state index is -0.626. The van der Waals surface area contributed by atoms with Gasteiger partial charge in [0, 0.05) is 30.4 Å². The van der Waals surface area contributed by atoms with Gasteiger partial charge in [-0.25, -0.2) is 9.79 Å². The number of rotatable bonds is 8. The third-order valence-electron chi connectivity index (χ3n) is 6.87. The van der Waals surface area contributed by atoms with E-state index in [-0.39, 0.29) is 24.2 Å². The van der Waals surface area contributed by atoms with Gasteiger partial charge in [-0.15, -0.1) is 0 Å². The largest absolute Gasteiger partial charge is 0.497 e. The summed E-state index contributed by atoms with van der Waals surface area (Å²) < 4.78 is 21.4. The molecule has 10 nitrogen and oxygen atoms in total. The Hall–Kier alpha value is -3.47. The highest BCUT2D eigenvalue weighted by Gasteiger charge is 2.43. The Morgan fingerprint density at radius 1 is 1.16 bits per heavy atom. The second kappa shape index (κ2) is 11.9. The van der Waals surface area contributed by atoms with Crippen LogP contribution in [-0.4, -0.2) is 73.8 Å². The molecule has 1 aromatic carbocycles. The zero-order chi connectivity index (χ0) is 27.4. The van der Waals surface area contributed by atoms with Gasteiger partial charge in [0.25, 0.3) is 0 Å². The van der Waals surface area contributed by atoms with E-state index in [0.29, 0.717) is 65.3 Å². The topological polar surface area (TPSA) is 107 Å². The van der Waals surface area contributed by atoms with Gasteiger partial charge in [0.1, 0.15) is 11.5 Å². The molecular formula is C27H33N3O7S. The lowest BCUT2D eigenvalue weighted by atomic mass is 9.92. The van der Waals surface area contributed by atoms with E-state index in [1.165, 1.54) is 18.9 Å². The van der Waals surface area contributed by atoms with Crippen LogP contribution in [0.25, 0.3) is 0 Å². The summed E-state index contributed by atoms with van der Waals surface area (Å²) in [4.78, 5) is 47.1. The molecule has 38 heavy (non-hydrogen) atoms. The number of esters is 2. The fraction of sp³-hybridized carbons (Fsp3) is 0.481. The summed E-state index contributed by atoms with van der Waals surface area (Å²) in [5, 5.41) is 2.55. The van der Waals surface area contributed by atoms with Gasteiger partial charge in [0.15, 0.2) is 5.17 Å². The maximum absolute atomic E-state index is 13.5. The van der Waals surface area contributed by atoms with Crippen LogP contribution in [0.1, 0.15) is 44.7 Å². The van der Waals surface area contributed by atoms with Crippen LogP contribution in [0.15, 0.2) is 45.6 Å². The molecule has 2 atom stereocenters. The van der Waals surface area contributed by atoms with E-state index in [9.17, 15) is 14.4 Å². The number of hydrogen-bond acceptors (Lipinski definition) is 10. The monoisotopic (exact) mass is 543 g/mol. The number of hydrogen-bond donors (Lipinski definition) is 0. The molecule has 3 heterocycles. The van der Waals surface area contributed by atoms with E-state index in [2.05, 4.69) is 4.99 Å². The number of aliphatic imine (C=N–C) groups is 1. The van der Waals surface area contributed by atoms with Gasteiger partial charge in [-0.1, -0.05) is 11.8 Å². The van der Waals surface area contributed by atoms with Crippen molar-refractivity contribution >= 4 is 34.8 Å². The maximum Gasteiger partial charge on any atom is 0.338 e. The van der Waals surface area contributed by atoms with Crippen molar-refractivity contribution in [1.82, 2.24) is 9.80 Å². The average molecular weight is 544 g/mol. The Labute approximate surface area is 226 Å². The van der Waals surface area contributed by atoms with Crippen molar-refractivity contribution in [2.75, 3.05) is 41.0 Å². The second-order valence-electron chi connectivity index (χ2n) is 9.10. The number of carbonyl (C=O) groups excluding carboxylic acids is 3. The lowest BCUT2D eigenvalue weighted by Gasteiger charge is -2.37. The van der Waals surface area contributed by atoms with Crippen molar-refractivity contribution in [3.63, 3.8) is 0 Å². The van der Waals surface area contributed by atoms with Gasteiger partial charge in [-0.2, -0.15) is 0 Å². The van der Waals surface area contributed by atoms with E-state index < -0.39 is 12.0 Å². The number of piperidine rings is 1. The first-order chi connectivity index (χ1) is 18.3. The summed E-state index contributed by atoms with van der Waals surface area (Å²) in [5.74, 6) is -0.0533. The number of ether oxygens (including phenoxy) is 4. The van der Waals surface area contributed by atoms with Gasteiger partial charge >= 0.3 is 11.9 Å². The molecule has 1 fully saturated rings. The minimum absolute atomic E-state index is 0.0873. The Bertz CT molecular complexity index is 1210. The van der Waals surface area contributed by atoms with E-state index in [1.54, 1.807) is 45.1 Å². The number of allylic oxidation sites excluding steroid dienone is 1. The SMILES string of the molecule is CCOC(=O)[C@H]1CCCN(C(=O)CC2=CSC3=NC(C)=C(C(=O)OC)[C@@H](c4ccc(OC)cc4OC)N23)C1. The summed E-state index contributed by atoms with van der Waals surface area (Å²) in [6, 6.07) is 4.78. The fourth-order valence-electron chi connectivity index (χ4n) is 5.00. The Balaban J connectivity index is 1.65. The molecule has 204 valence electrons. The third-order valence-corrected chi connectivity index (χ3v) is 7.76. The maximum atomic E-state index is 13.5. The molecule has 1 saturated heterocycles. The predicted molar refractivity (Wildman–Crippen MR) is 143 cm³/mol. The lowest BCUT2D eigenvalue weighted by molar-refractivity contribution is -0.151. The summed E-state index contributed by atoms with van der Waals surface area (Å²) in [6.07, 6.45) is 1.53. The van der Waals surface area contributed by atoms with Crippen LogP contribution in [0.3, 0.4) is 0 Å². The third kappa shape index (κ3) is 5.38. The van der Waals surface area contributed by atoms with Crippen LogP contribution < -0.4 is 9.47 Å². The normalized spacial score (nSPS) is 20.9. The number of carbonyl (C=O) groups is 3. The zero-order valence-corrected chi connectivity index (χ0v) is 23.1. The summed E-state index contributed by atoms with van der Waals surface area (Å²) >= 11 is 1.40. The van der Waals surface area contributed by atoms with Gasteiger partial charge in [0.2, 0.25) is 5.91 Å². The molecule has 0 bridgehead atoms. The standard InChI is InChI=1S/C27H33N3O7S/c1-6-37-25(32)17-8-7-11-29(14-17)22(31)12-18-15-38-27-28-16(2)23(26(33)36-5)24(30(18)27)20-10-9-19(34-3)13-21(20)35-4/h9-10,13,15,17,24H,6-8,11-12,14H2,1-5H3/t17-,24+/m0/s1. The highest BCUT2D eigenvalue weighted by atomic mass is 32.2. The minimum Gasteiger partial charge on any atom is -0.497 e. The van der Waals surface area contributed by atoms with Gasteiger partial charge in [0.05, 0.1) is 57.6 Å². The lowest BCUT2D eigenvalue weighted by Crippen LogP contribution is -2.44.